The second-order valence-electron chi connectivity index (χ2n) is 5.27. The number of carbonyl (C=O) groups is 1. The fourth-order valence-electron chi connectivity index (χ4n) is 2.12. The quantitative estimate of drug-likeness (QED) is 0.678. The normalized spacial score (nSPS) is 10.6. The Morgan fingerprint density at radius 3 is 2.46 bits per heavy atom. The Kier molecular flexibility index (Phi) is 5.23. The number of carbonyl (C=O) groups excluding carboxylic acids is 1. The standard InChI is InChI=1S/C18H16ClN3OS/c1-22-11-10-17(21-22)20-18(23)14-4-2-13(3-5-14)12-24-16-8-6-15(19)7-9-16/h2-11H,12H2,1H3,(H,20,21,23). The third kappa shape index (κ3) is 4.40. The Hall–Kier alpha value is -2.24. The van der Waals surface area contributed by atoms with Crippen molar-refractivity contribution in [3.8, 4) is 0 Å². The summed E-state index contributed by atoms with van der Waals surface area (Å²) in [5.74, 6) is 1.22. The van der Waals surface area contributed by atoms with Crippen LogP contribution in [0.5, 0.6) is 0 Å². The van der Waals surface area contributed by atoms with Crippen LogP contribution in [-0.2, 0) is 12.8 Å². The minimum absolute atomic E-state index is 0.161. The average molecular weight is 358 g/mol. The molecular weight excluding hydrogens is 342 g/mol. The van der Waals surface area contributed by atoms with E-state index >= 15 is 0 Å². The maximum atomic E-state index is 12.2. The highest BCUT2D eigenvalue weighted by atomic mass is 35.5. The average Bonchev–Trinajstić information content (AvgIpc) is 2.99. The van der Waals surface area contributed by atoms with Crippen LogP contribution in [0.1, 0.15) is 15.9 Å². The first-order valence-electron chi connectivity index (χ1n) is 7.38. The maximum absolute atomic E-state index is 12.2. The SMILES string of the molecule is Cn1ccc(NC(=O)c2ccc(CSc3ccc(Cl)cc3)cc2)n1. The molecular formula is C18H16ClN3OS. The molecule has 3 rings (SSSR count). The largest absolute Gasteiger partial charge is 0.305 e. The van der Waals surface area contributed by atoms with Crippen molar-refractivity contribution in [3.05, 3.63) is 76.9 Å². The summed E-state index contributed by atoms with van der Waals surface area (Å²) in [6.07, 6.45) is 1.78. The molecule has 0 aliphatic heterocycles. The van der Waals surface area contributed by atoms with Gasteiger partial charge in [0.1, 0.15) is 0 Å². The number of aryl methyl sites for hydroxylation is 1. The molecule has 0 bridgehead atoms. The van der Waals surface area contributed by atoms with Gasteiger partial charge in [0.15, 0.2) is 5.82 Å². The van der Waals surface area contributed by atoms with Gasteiger partial charge in [-0.15, -0.1) is 11.8 Å². The summed E-state index contributed by atoms with van der Waals surface area (Å²) in [6, 6.07) is 17.1. The number of thioether (sulfide) groups is 1. The van der Waals surface area contributed by atoms with E-state index in [2.05, 4.69) is 10.4 Å². The third-order valence-electron chi connectivity index (χ3n) is 3.39. The zero-order valence-corrected chi connectivity index (χ0v) is 14.6. The lowest BCUT2D eigenvalue weighted by Crippen LogP contribution is -2.12. The summed E-state index contributed by atoms with van der Waals surface area (Å²) in [6.45, 7) is 0. The highest BCUT2D eigenvalue weighted by Gasteiger charge is 2.07. The summed E-state index contributed by atoms with van der Waals surface area (Å²) in [5.41, 5.74) is 1.77. The molecule has 1 heterocycles. The van der Waals surface area contributed by atoms with Gasteiger partial charge in [0, 0.05) is 40.5 Å². The molecule has 6 heteroatoms. The van der Waals surface area contributed by atoms with E-state index in [1.54, 1.807) is 28.7 Å². The second-order valence-corrected chi connectivity index (χ2v) is 6.75. The Balaban J connectivity index is 1.58. The molecule has 3 aromatic rings. The highest BCUT2D eigenvalue weighted by Crippen LogP contribution is 2.24. The number of hydrogen-bond donors (Lipinski definition) is 1. The van der Waals surface area contributed by atoms with Crippen LogP contribution in [-0.4, -0.2) is 15.7 Å². The number of nitrogens with zero attached hydrogens (tertiary/aromatic N) is 2. The van der Waals surface area contributed by atoms with Crippen molar-refractivity contribution in [1.29, 1.82) is 0 Å². The van der Waals surface area contributed by atoms with E-state index in [-0.39, 0.29) is 5.91 Å². The predicted octanol–water partition coefficient (Wildman–Crippen LogP) is 4.62. The van der Waals surface area contributed by atoms with Crippen LogP contribution in [0.2, 0.25) is 5.02 Å². The molecule has 1 aromatic heterocycles. The van der Waals surface area contributed by atoms with Crippen LogP contribution in [0.3, 0.4) is 0 Å². The number of anilines is 1. The first kappa shape index (κ1) is 16.6. The van der Waals surface area contributed by atoms with Gasteiger partial charge in [0.2, 0.25) is 0 Å². The fraction of sp³-hybridized carbons (Fsp3) is 0.111. The summed E-state index contributed by atoms with van der Waals surface area (Å²) in [4.78, 5) is 13.3. The van der Waals surface area contributed by atoms with Crippen molar-refractivity contribution in [2.24, 2.45) is 7.05 Å². The van der Waals surface area contributed by atoms with Gasteiger partial charge in [0.25, 0.3) is 5.91 Å². The zero-order chi connectivity index (χ0) is 16.9. The van der Waals surface area contributed by atoms with Gasteiger partial charge in [0.05, 0.1) is 0 Å². The molecule has 0 fully saturated rings. The summed E-state index contributed by atoms with van der Waals surface area (Å²) in [5, 5.41) is 7.65. The zero-order valence-electron chi connectivity index (χ0n) is 13.1. The predicted molar refractivity (Wildman–Crippen MR) is 98.6 cm³/mol. The van der Waals surface area contributed by atoms with E-state index in [1.165, 1.54) is 0 Å². The summed E-state index contributed by atoms with van der Waals surface area (Å²) >= 11 is 7.61. The van der Waals surface area contributed by atoms with Gasteiger partial charge in [-0.2, -0.15) is 5.10 Å². The lowest BCUT2D eigenvalue weighted by atomic mass is 10.1. The van der Waals surface area contributed by atoms with Gasteiger partial charge in [-0.3, -0.25) is 9.48 Å². The number of aromatic nitrogens is 2. The van der Waals surface area contributed by atoms with Crippen molar-refractivity contribution in [3.63, 3.8) is 0 Å². The molecule has 1 N–H and O–H groups in total. The molecule has 0 atom stereocenters. The molecule has 2 aromatic carbocycles. The van der Waals surface area contributed by atoms with Crippen molar-refractivity contribution in [2.45, 2.75) is 10.6 Å². The van der Waals surface area contributed by atoms with Crippen LogP contribution in [0, 0.1) is 0 Å². The molecule has 0 radical (unpaired) electrons. The Morgan fingerprint density at radius 1 is 1.12 bits per heavy atom. The molecule has 24 heavy (non-hydrogen) atoms. The van der Waals surface area contributed by atoms with E-state index < -0.39 is 0 Å². The van der Waals surface area contributed by atoms with E-state index in [9.17, 15) is 4.79 Å². The molecule has 0 saturated heterocycles. The molecule has 1 amide bonds. The van der Waals surface area contributed by atoms with Crippen LogP contribution < -0.4 is 5.32 Å². The van der Waals surface area contributed by atoms with Crippen molar-refractivity contribution in [2.75, 3.05) is 5.32 Å². The molecule has 0 unspecified atom stereocenters. The van der Waals surface area contributed by atoms with Gasteiger partial charge < -0.3 is 5.32 Å². The molecule has 122 valence electrons. The Labute approximate surface area is 149 Å². The molecule has 0 spiro atoms. The van der Waals surface area contributed by atoms with E-state index in [4.69, 9.17) is 11.6 Å². The number of benzene rings is 2. The third-order valence-corrected chi connectivity index (χ3v) is 4.73. The van der Waals surface area contributed by atoms with Crippen molar-refractivity contribution < 1.29 is 4.79 Å². The number of amides is 1. The summed E-state index contributed by atoms with van der Waals surface area (Å²) in [7, 11) is 1.81. The van der Waals surface area contributed by atoms with E-state index in [0.29, 0.717) is 11.4 Å². The lowest BCUT2D eigenvalue weighted by molar-refractivity contribution is 0.102. The summed E-state index contributed by atoms with van der Waals surface area (Å²) < 4.78 is 1.65. The highest BCUT2D eigenvalue weighted by molar-refractivity contribution is 7.98. The number of rotatable bonds is 5. The minimum atomic E-state index is -0.161. The van der Waals surface area contributed by atoms with Crippen LogP contribution >= 0.6 is 23.4 Å². The Morgan fingerprint density at radius 2 is 1.83 bits per heavy atom. The first-order chi connectivity index (χ1) is 11.6. The van der Waals surface area contributed by atoms with Crippen LogP contribution in [0.25, 0.3) is 0 Å². The fourth-order valence-corrected chi connectivity index (χ4v) is 3.10. The topological polar surface area (TPSA) is 46.9 Å². The van der Waals surface area contributed by atoms with Crippen LogP contribution in [0.4, 0.5) is 5.82 Å². The Bertz CT molecular complexity index is 828. The van der Waals surface area contributed by atoms with Gasteiger partial charge in [-0.25, -0.2) is 0 Å². The molecule has 0 aliphatic rings. The molecule has 4 nitrogen and oxygen atoms in total. The van der Waals surface area contributed by atoms with E-state index in [0.717, 1.165) is 21.2 Å². The van der Waals surface area contributed by atoms with E-state index in [1.807, 2.05) is 55.6 Å². The monoisotopic (exact) mass is 357 g/mol. The lowest BCUT2D eigenvalue weighted by Gasteiger charge is -2.05. The maximum Gasteiger partial charge on any atom is 0.256 e. The van der Waals surface area contributed by atoms with Gasteiger partial charge in [-0.05, 0) is 42.0 Å². The van der Waals surface area contributed by atoms with Gasteiger partial charge in [-0.1, -0.05) is 23.7 Å². The van der Waals surface area contributed by atoms with Crippen molar-refractivity contribution in [1.82, 2.24) is 9.78 Å². The van der Waals surface area contributed by atoms with Crippen LogP contribution in [0.15, 0.2) is 65.7 Å². The number of halogens is 1. The molecule has 0 aliphatic carbocycles. The first-order valence-corrected chi connectivity index (χ1v) is 8.75. The minimum Gasteiger partial charge on any atom is -0.305 e. The number of hydrogen-bond acceptors (Lipinski definition) is 3. The second kappa shape index (κ2) is 7.55. The van der Waals surface area contributed by atoms with Crippen molar-refractivity contribution >= 4 is 35.1 Å². The van der Waals surface area contributed by atoms with Gasteiger partial charge >= 0.3 is 0 Å². The smallest absolute Gasteiger partial charge is 0.256 e. The number of nitrogens with one attached hydrogen (secondary N) is 1. The molecule has 0 saturated carbocycles.